The Balaban J connectivity index is 1.30. The van der Waals surface area contributed by atoms with Crippen molar-refractivity contribution >= 4 is 5.91 Å². The molecule has 2 aromatic rings. The molecular weight excluding hydrogens is 364 g/mol. The summed E-state index contributed by atoms with van der Waals surface area (Å²) in [5.74, 6) is 1.55. The van der Waals surface area contributed by atoms with Crippen molar-refractivity contribution < 1.29 is 9.53 Å². The number of aryl methyl sites for hydroxylation is 2. The molecule has 0 spiro atoms. The summed E-state index contributed by atoms with van der Waals surface area (Å²) in [5, 5.41) is 3.18. The summed E-state index contributed by atoms with van der Waals surface area (Å²) in [6.45, 7) is 6.84. The topological polar surface area (TPSA) is 67.3 Å². The molecule has 4 rings (SSSR count). The summed E-state index contributed by atoms with van der Waals surface area (Å²) in [7, 11) is 1.71. The minimum absolute atomic E-state index is 0.0575. The number of amides is 1. The van der Waals surface area contributed by atoms with E-state index in [1.165, 1.54) is 18.4 Å². The van der Waals surface area contributed by atoms with Crippen molar-refractivity contribution in [3.8, 4) is 5.75 Å². The summed E-state index contributed by atoms with van der Waals surface area (Å²) < 4.78 is 5.29. The number of hydrogen-bond acceptors (Lipinski definition) is 5. The average molecular weight is 395 g/mol. The minimum atomic E-state index is -0.0575. The van der Waals surface area contributed by atoms with E-state index >= 15 is 0 Å². The van der Waals surface area contributed by atoms with E-state index < -0.39 is 0 Å². The number of nitrogens with zero attached hydrogens (tertiary/aromatic N) is 3. The molecule has 1 aromatic heterocycles. The molecule has 1 aliphatic heterocycles. The Morgan fingerprint density at radius 1 is 1.21 bits per heavy atom. The number of ether oxygens (including phenoxy) is 1. The second-order valence-electron chi connectivity index (χ2n) is 8.45. The highest BCUT2D eigenvalue weighted by Crippen LogP contribution is 2.49. The molecule has 0 unspecified atom stereocenters. The van der Waals surface area contributed by atoms with Crippen molar-refractivity contribution in [3.05, 3.63) is 53.1 Å². The number of nitrogens with one attached hydrogen (secondary N) is 1. The summed E-state index contributed by atoms with van der Waals surface area (Å²) >= 11 is 0. The van der Waals surface area contributed by atoms with Gasteiger partial charge in [-0.05, 0) is 57.2 Å². The summed E-state index contributed by atoms with van der Waals surface area (Å²) in [4.78, 5) is 23.6. The van der Waals surface area contributed by atoms with Crippen molar-refractivity contribution in [1.29, 1.82) is 0 Å². The van der Waals surface area contributed by atoms with Gasteiger partial charge in [-0.1, -0.05) is 12.1 Å². The molecule has 0 atom stereocenters. The van der Waals surface area contributed by atoms with Gasteiger partial charge in [-0.15, -0.1) is 0 Å². The third-order valence-electron chi connectivity index (χ3n) is 6.35. The van der Waals surface area contributed by atoms with E-state index in [2.05, 4.69) is 44.5 Å². The van der Waals surface area contributed by atoms with Gasteiger partial charge in [0.05, 0.1) is 18.4 Å². The van der Waals surface area contributed by atoms with Gasteiger partial charge >= 0.3 is 0 Å². The standard InChI is InChI=1S/C23H30N4O2/c1-16-21(14-24-17(2)25-16)22(28)26-19-8-12-27(13-9-19)15-23(10-11-23)18-4-6-20(29-3)7-5-18/h4-7,14,19H,8-13,15H2,1-3H3,(H,26,28). The van der Waals surface area contributed by atoms with Crippen LogP contribution in [-0.2, 0) is 5.41 Å². The molecule has 0 radical (unpaired) electrons. The van der Waals surface area contributed by atoms with Crippen LogP contribution in [0.2, 0.25) is 0 Å². The molecule has 1 saturated carbocycles. The molecule has 6 nitrogen and oxygen atoms in total. The second-order valence-corrected chi connectivity index (χ2v) is 8.45. The molecule has 2 heterocycles. The van der Waals surface area contributed by atoms with Gasteiger partial charge in [0.15, 0.2) is 0 Å². The zero-order valence-corrected chi connectivity index (χ0v) is 17.6. The van der Waals surface area contributed by atoms with Crippen LogP contribution in [0.15, 0.2) is 30.5 Å². The molecular formula is C23H30N4O2. The normalized spacial score (nSPS) is 19.0. The maximum Gasteiger partial charge on any atom is 0.254 e. The molecule has 2 aliphatic rings. The first kappa shape index (κ1) is 19.8. The molecule has 0 bridgehead atoms. The van der Waals surface area contributed by atoms with Crippen molar-refractivity contribution in [3.63, 3.8) is 0 Å². The number of benzene rings is 1. The van der Waals surface area contributed by atoms with Gasteiger partial charge in [-0.25, -0.2) is 9.97 Å². The predicted molar refractivity (Wildman–Crippen MR) is 112 cm³/mol. The van der Waals surface area contributed by atoms with Crippen molar-refractivity contribution in [2.75, 3.05) is 26.7 Å². The molecule has 29 heavy (non-hydrogen) atoms. The predicted octanol–water partition coefficient (Wildman–Crippen LogP) is 3.03. The zero-order valence-electron chi connectivity index (χ0n) is 17.6. The van der Waals surface area contributed by atoms with Crippen LogP contribution in [0.25, 0.3) is 0 Å². The molecule has 1 N–H and O–H groups in total. The number of rotatable bonds is 6. The highest BCUT2D eigenvalue weighted by Gasteiger charge is 2.45. The lowest BCUT2D eigenvalue weighted by Gasteiger charge is -2.35. The fraction of sp³-hybridized carbons (Fsp3) is 0.522. The number of methoxy groups -OCH3 is 1. The molecule has 6 heteroatoms. The van der Waals surface area contributed by atoms with Crippen LogP contribution in [0.1, 0.15) is 53.1 Å². The van der Waals surface area contributed by atoms with Crippen LogP contribution in [0, 0.1) is 13.8 Å². The monoisotopic (exact) mass is 394 g/mol. The number of carbonyl (C=O) groups excluding carboxylic acids is 1. The molecule has 1 aromatic carbocycles. The van der Waals surface area contributed by atoms with Crippen LogP contribution in [0.5, 0.6) is 5.75 Å². The van der Waals surface area contributed by atoms with E-state index in [9.17, 15) is 4.79 Å². The number of piperidine rings is 1. The van der Waals surface area contributed by atoms with E-state index in [1.807, 2.05) is 13.8 Å². The van der Waals surface area contributed by atoms with E-state index in [1.54, 1.807) is 13.3 Å². The van der Waals surface area contributed by atoms with Gasteiger partial charge in [-0.3, -0.25) is 4.79 Å². The van der Waals surface area contributed by atoms with Crippen LogP contribution >= 0.6 is 0 Å². The Morgan fingerprint density at radius 3 is 2.48 bits per heavy atom. The van der Waals surface area contributed by atoms with Crippen LogP contribution in [-0.4, -0.2) is 53.6 Å². The maximum atomic E-state index is 12.6. The quantitative estimate of drug-likeness (QED) is 0.816. The highest BCUT2D eigenvalue weighted by atomic mass is 16.5. The average Bonchev–Trinajstić information content (AvgIpc) is 3.50. The summed E-state index contributed by atoms with van der Waals surface area (Å²) in [6.07, 6.45) is 6.10. The maximum absolute atomic E-state index is 12.6. The first-order chi connectivity index (χ1) is 14.0. The van der Waals surface area contributed by atoms with Crippen molar-refractivity contribution in [1.82, 2.24) is 20.2 Å². The molecule has 1 aliphatic carbocycles. The van der Waals surface area contributed by atoms with Gasteiger partial charge in [0, 0.05) is 37.3 Å². The third kappa shape index (κ3) is 4.42. The van der Waals surface area contributed by atoms with E-state index in [0.29, 0.717) is 16.8 Å². The van der Waals surface area contributed by atoms with Gasteiger partial charge in [0.2, 0.25) is 0 Å². The lowest BCUT2D eigenvalue weighted by atomic mass is 9.93. The molecule has 1 saturated heterocycles. The van der Waals surface area contributed by atoms with Crippen LogP contribution < -0.4 is 10.1 Å². The third-order valence-corrected chi connectivity index (χ3v) is 6.35. The van der Waals surface area contributed by atoms with Crippen molar-refractivity contribution in [2.24, 2.45) is 0 Å². The van der Waals surface area contributed by atoms with Crippen LogP contribution in [0.3, 0.4) is 0 Å². The second kappa shape index (κ2) is 8.11. The fourth-order valence-electron chi connectivity index (χ4n) is 4.37. The Morgan fingerprint density at radius 2 is 1.90 bits per heavy atom. The largest absolute Gasteiger partial charge is 0.497 e. The lowest BCUT2D eigenvalue weighted by molar-refractivity contribution is 0.0906. The number of likely N-dealkylation sites (tertiary alicyclic amines) is 1. The van der Waals surface area contributed by atoms with Gasteiger partial charge in [0.1, 0.15) is 11.6 Å². The zero-order chi connectivity index (χ0) is 20.4. The lowest BCUT2D eigenvalue weighted by Crippen LogP contribution is -2.46. The summed E-state index contributed by atoms with van der Waals surface area (Å²) in [6, 6.07) is 8.77. The first-order valence-corrected chi connectivity index (χ1v) is 10.5. The fourth-order valence-corrected chi connectivity index (χ4v) is 4.37. The van der Waals surface area contributed by atoms with Gasteiger partial charge in [0.25, 0.3) is 5.91 Å². The Labute approximate surface area is 172 Å². The summed E-state index contributed by atoms with van der Waals surface area (Å²) in [5.41, 5.74) is 3.04. The van der Waals surface area contributed by atoms with E-state index in [4.69, 9.17) is 4.74 Å². The number of aromatic nitrogens is 2. The smallest absolute Gasteiger partial charge is 0.254 e. The molecule has 1 amide bonds. The van der Waals surface area contributed by atoms with Gasteiger partial charge in [-0.2, -0.15) is 0 Å². The molecule has 2 fully saturated rings. The molecule has 154 valence electrons. The minimum Gasteiger partial charge on any atom is -0.497 e. The van der Waals surface area contributed by atoms with Gasteiger partial charge < -0.3 is 15.0 Å². The highest BCUT2D eigenvalue weighted by molar-refractivity contribution is 5.95. The first-order valence-electron chi connectivity index (χ1n) is 10.5. The van der Waals surface area contributed by atoms with Crippen molar-refractivity contribution in [2.45, 2.75) is 51.0 Å². The van der Waals surface area contributed by atoms with Crippen LogP contribution in [0.4, 0.5) is 0 Å². The Hall–Kier alpha value is -2.47. The Kier molecular flexibility index (Phi) is 5.54. The SMILES string of the molecule is COc1ccc(C2(CN3CCC(NC(=O)c4cnc(C)nc4C)CC3)CC2)cc1. The van der Waals surface area contributed by atoms with E-state index in [0.717, 1.165) is 43.9 Å². The number of carbonyl (C=O) groups is 1. The number of hydrogen-bond donors (Lipinski definition) is 1. The Bertz CT molecular complexity index is 869. The van der Waals surface area contributed by atoms with E-state index in [-0.39, 0.29) is 11.9 Å².